The zero-order chi connectivity index (χ0) is 14.8. The summed E-state index contributed by atoms with van der Waals surface area (Å²) in [5.74, 6) is 0.491. The molecule has 1 heterocycles. The number of fused-ring (bicyclic) bond motifs is 1. The lowest BCUT2D eigenvalue weighted by Gasteiger charge is -2.09. The van der Waals surface area contributed by atoms with Crippen molar-refractivity contribution in [2.24, 2.45) is 5.92 Å². The van der Waals surface area contributed by atoms with Gasteiger partial charge in [-0.25, -0.2) is 0 Å². The molecule has 1 aromatic carbocycles. The van der Waals surface area contributed by atoms with Gasteiger partial charge in [-0.2, -0.15) is 0 Å². The number of hydrogen-bond acceptors (Lipinski definition) is 4. The molecule has 0 saturated carbocycles. The van der Waals surface area contributed by atoms with Crippen molar-refractivity contribution >= 4 is 17.6 Å². The standard InChI is InChI=1S/C16H16ClNO3/c1-20-16(19)11-3-2-4-13-14(9-11)18-21-15(13)10-5-7-12(17)8-6-10/h5-8,11H,2-4,9H2,1H3. The van der Waals surface area contributed by atoms with Gasteiger partial charge in [-0.05, 0) is 43.5 Å². The molecule has 0 aliphatic heterocycles. The Balaban J connectivity index is 1.92. The van der Waals surface area contributed by atoms with E-state index in [2.05, 4.69) is 5.16 Å². The molecule has 0 bridgehead atoms. The van der Waals surface area contributed by atoms with Gasteiger partial charge in [-0.1, -0.05) is 16.8 Å². The molecule has 4 nitrogen and oxygen atoms in total. The third kappa shape index (κ3) is 2.81. The van der Waals surface area contributed by atoms with Gasteiger partial charge in [0.15, 0.2) is 5.76 Å². The van der Waals surface area contributed by atoms with Gasteiger partial charge in [0, 0.05) is 22.6 Å². The van der Waals surface area contributed by atoms with Gasteiger partial charge < -0.3 is 9.26 Å². The molecule has 3 rings (SSSR count). The number of esters is 1. The summed E-state index contributed by atoms with van der Waals surface area (Å²) in [6.07, 6.45) is 3.20. The smallest absolute Gasteiger partial charge is 0.309 e. The van der Waals surface area contributed by atoms with Crippen LogP contribution < -0.4 is 0 Å². The van der Waals surface area contributed by atoms with E-state index >= 15 is 0 Å². The molecule has 1 atom stereocenters. The van der Waals surface area contributed by atoms with Crippen molar-refractivity contribution in [2.45, 2.75) is 25.7 Å². The van der Waals surface area contributed by atoms with E-state index in [-0.39, 0.29) is 11.9 Å². The van der Waals surface area contributed by atoms with Crippen molar-refractivity contribution in [3.05, 3.63) is 40.5 Å². The number of carbonyl (C=O) groups is 1. The Morgan fingerprint density at radius 3 is 2.86 bits per heavy atom. The minimum atomic E-state index is -0.168. The second-order valence-corrected chi connectivity index (χ2v) is 5.70. The number of hydrogen-bond donors (Lipinski definition) is 0. The zero-order valence-corrected chi connectivity index (χ0v) is 12.5. The molecule has 1 aliphatic rings. The predicted octanol–water partition coefficient (Wildman–Crippen LogP) is 3.66. The average molecular weight is 306 g/mol. The average Bonchev–Trinajstić information content (AvgIpc) is 2.77. The van der Waals surface area contributed by atoms with Crippen molar-refractivity contribution in [2.75, 3.05) is 7.11 Å². The van der Waals surface area contributed by atoms with E-state index in [1.54, 1.807) is 0 Å². The number of nitrogens with zero attached hydrogens (tertiary/aromatic N) is 1. The monoisotopic (exact) mass is 305 g/mol. The summed E-state index contributed by atoms with van der Waals surface area (Å²) in [7, 11) is 1.43. The molecule has 0 amide bonds. The van der Waals surface area contributed by atoms with Crippen LogP contribution in [-0.2, 0) is 22.4 Å². The van der Waals surface area contributed by atoms with Crippen LogP contribution in [0.4, 0.5) is 0 Å². The van der Waals surface area contributed by atoms with E-state index in [0.717, 1.165) is 41.8 Å². The van der Waals surface area contributed by atoms with Gasteiger partial charge in [0.25, 0.3) is 0 Å². The Labute approximate surface area is 128 Å². The highest BCUT2D eigenvalue weighted by Gasteiger charge is 2.28. The van der Waals surface area contributed by atoms with Crippen LogP contribution in [0.5, 0.6) is 0 Å². The maximum absolute atomic E-state index is 11.7. The summed E-state index contributed by atoms with van der Waals surface area (Å²) in [6.45, 7) is 0. The van der Waals surface area contributed by atoms with Crippen molar-refractivity contribution in [3.63, 3.8) is 0 Å². The SMILES string of the molecule is COC(=O)C1CCCc2c(noc2-c2ccc(Cl)cc2)C1. The predicted molar refractivity (Wildman–Crippen MR) is 79.1 cm³/mol. The minimum absolute atomic E-state index is 0.126. The van der Waals surface area contributed by atoms with Crippen molar-refractivity contribution in [3.8, 4) is 11.3 Å². The van der Waals surface area contributed by atoms with Crippen LogP contribution in [0.25, 0.3) is 11.3 Å². The number of carbonyl (C=O) groups excluding carboxylic acids is 1. The Kier molecular flexibility index (Phi) is 3.97. The second-order valence-electron chi connectivity index (χ2n) is 5.26. The van der Waals surface area contributed by atoms with Crippen LogP contribution in [0.1, 0.15) is 24.1 Å². The molecule has 0 spiro atoms. The fourth-order valence-corrected chi connectivity index (χ4v) is 2.94. The highest BCUT2D eigenvalue weighted by atomic mass is 35.5. The van der Waals surface area contributed by atoms with Crippen LogP contribution in [0.2, 0.25) is 5.02 Å². The van der Waals surface area contributed by atoms with Crippen molar-refractivity contribution < 1.29 is 14.1 Å². The van der Waals surface area contributed by atoms with E-state index in [0.29, 0.717) is 11.4 Å². The van der Waals surface area contributed by atoms with Gasteiger partial charge in [0.2, 0.25) is 0 Å². The van der Waals surface area contributed by atoms with Crippen LogP contribution in [-0.4, -0.2) is 18.2 Å². The minimum Gasteiger partial charge on any atom is -0.469 e. The first-order valence-electron chi connectivity index (χ1n) is 7.00. The summed E-state index contributed by atoms with van der Waals surface area (Å²) >= 11 is 5.91. The summed E-state index contributed by atoms with van der Waals surface area (Å²) in [6, 6.07) is 7.51. The molecule has 1 aromatic heterocycles. The second kappa shape index (κ2) is 5.90. The van der Waals surface area contributed by atoms with E-state index in [1.165, 1.54) is 7.11 Å². The molecule has 110 valence electrons. The number of aromatic nitrogens is 1. The highest BCUT2D eigenvalue weighted by molar-refractivity contribution is 6.30. The number of rotatable bonds is 2. The molecule has 0 saturated heterocycles. The third-order valence-corrected chi connectivity index (χ3v) is 4.18. The van der Waals surface area contributed by atoms with E-state index in [1.807, 2.05) is 24.3 Å². The molecule has 1 unspecified atom stereocenters. The number of halogens is 1. The Morgan fingerprint density at radius 1 is 1.38 bits per heavy atom. The Hall–Kier alpha value is -1.81. The molecule has 0 fully saturated rings. The van der Waals surface area contributed by atoms with E-state index in [9.17, 15) is 4.79 Å². The maximum Gasteiger partial charge on any atom is 0.309 e. The lowest BCUT2D eigenvalue weighted by Crippen LogP contribution is -2.18. The largest absolute Gasteiger partial charge is 0.469 e. The van der Waals surface area contributed by atoms with Gasteiger partial charge in [0.05, 0.1) is 18.7 Å². The van der Waals surface area contributed by atoms with Crippen LogP contribution in [0, 0.1) is 5.92 Å². The topological polar surface area (TPSA) is 52.3 Å². The Morgan fingerprint density at radius 2 is 2.14 bits per heavy atom. The lowest BCUT2D eigenvalue weighted by atomic mass is 10.00. The fourth-order valence-electron chi connectivity index (χ4n) is 2.82. The maximum atomic E-state index is 11.7. The lowest BCUT2D eigenvalue weighted by molar-refractivity contribution is -0.145. The van der Waals surface area contributed by atoms with Gasteiger partial charge in [-0.15, -0.1) is 0 Å². The van der Waals surface area contributed by atoms with Gasteiger partial charge >= 0.3 is 5.97 Å². The summed E-state index contributed by atoms with van der Waals surface area (Å²) < 4.78 is 10.4. The first-order chi connectivity index (χ1) is 10.2. The van der Waals surface area contributed by atoms with Crippen molar-refractivity contribution in [1.82, 2.24) is 5.16 Å². The molecule has 2 aromatic rings. The van der Waals surface area contributed by atoms with E-state index in [4.69, 9.17) is 20.9 Å². The molecule has 1 aliphatic carbocycles. The van der Waals surface area contributed by atoms with Crippen molar-refractivity contribution in [1.29, 1.82) is 0 Å². The summed E-state index contributed by atoms with van der Waals surface area (Å²) in [5, 5.41) is 4.86. The molecule has 5 heteroatoms. The molecule has 21 heavy (non-hydrogen) atoms. The van der Waals surface area contributed by atoms with Crippen LogP contribution in [0.15, 0.2) is 28.8 Å². The number of benzene rings is 1. The van der Waals surface area contributed by atoms with Gasteiger partial charge in [-0.3, -0.25) is 4.79 Å². The van der Waals surface area contributed by atoms with E-state index < -0.39 is 0 Å². The first-order valence-corrected chi connectivity index (χ1v) is 7.38. The normalized spacial score (nSPS) is 17.9. The number of methoxy groups -OCH3 is 1. The van der Waals surface area contributed by atoms with Gasteiger partial charge in [0.1, 0.15) is 0 Å². The zero-order valence-electron chi connectivity index (χ0n) is 11.8. The fraction of sp³-hybridized carbons (Fsp3) is 0.375. The van der Waals surface area contributed by atoms with Crippen LogP contribution in [0.3, 0.4) is 0 Å². The number of ether oxygens (including phenoxy) is 1. The summed E-state index contributed by atoms with van der Waals surface area (Å²) in [5.41, 5.74) is 2.93. The van der Waals surface area contributed by atoms with Crippen LogP contribution >= 0.6 is 11.6 Å². The molecular weight excluding hydrogens is 290 g/mol. The third-order valence-electron chi connectivity index (χ3n) is 3.93. The first kappa shape index (κ1) is 14.1. The molecular formula is C16H16ClNO3. The Bertz CT molecular complexity index is 648. The summed E-state index contributed by atoms with van der Waals surface area (Å²) in [4.78, 5) is 11.7. The molecule has 0 radical (unpaired) electrons. The molecule has 0 N–H and O–H groups in total. The quantitative estimate of drug-likeness (QED) is 0.627. The highest BCUT2D eigenvalue weighted by Crippen LogP contribution is 2.33.